The van der Waals surface area contributed by atoms with Crippen molar-refractivity contribution in [3.63, 3.8) is 0 Å². The number of nitrogens with zero attached hydrogens (tertiary/aromatic N) is 2. The first-order valence-corrected chi connectivity index (χ1v) is 6.84. The summed E-state index contributed by atoms with van der Waals surface area (Å²) in [7, 11) is 0. The molecule has 0 spiro atoms. The maximum atomic E-state index is 12.4. The fraction of sp³-hybridized carbons (Fsp3) is 0.667. The Morgan fingerprint density at radius 3 is 2.71 bits per heavy atom. The summed E-state index contributed by atoms with van der Waals surface area (Å²) in [6.45, 7) is 9.79. The molecule has 2 heterocycles. The molecule has 0 saturated carbocycles. The fourth-order valence-electron chi connectivity index (χ4n) is 2.21. The normalized spacial score (nSPS) is 19.4. The van der Waals surface area contributed by atoms with Crippen molar-refractivity contribution in [2.75, 3.05) is 18.8 Å². The van der Waals surface area contributed by atoms with Crippen LogP contribution in [0.15, 0.2) is 0 Å². The van der Waals surface area contributed by atoms with E-state index in [-0.39, 0.29) is 10.7 Å². The van der Waals surface area contributed by atoms with Crippen LogP contribution in [0.2, 0.25) is 0 Å². The molecule has 1 aromatic heterocycles. The van der Waals surface area contributed by atoms with Crippen LogP contribution in [0.5, 0.6) is 0 Å². The number of rotatable bonds is 1. The SMILES string of the molecule is Cc1n[nH]c(C)c1C(=O)N1CCSC(C)(C)C1. The lowest BCUT2D eigenvalue weighted by molar-refractivity contribution is 0.0746. The van der Waals surface area contributed by atoms with Gasteiger partial charge in [-0.25, -0.2) is 0 Å². The first-order valence-electron chi connectivity index (χ1n) is 5.85. The maximum absolute atomic E-state index is 12.4. The molecule has 5 heteroatoms. The molecule has 0 aromatic carbocycles. The Hall–Kier alpha value is -0.970. The van der Waals surface area contributed by atoms with E-state index in [0.717, 1.165) is 35.8 Å². The lowest BCUT2D eigenvalue weighted by atomic mass is 10.1. The molecule has 1 aliphatic heterocycles. The van der Waals surface area contributed by atoms with Gasteiger partial charge in [0.05, 0.1) is 11.3 Å². The average Bonchev–Trinajstić information content (AvgIpc) is 2.56. The summed E-state index contributed by atoms with van der Waals surface area (Å²) in [6.07, 6.45) is 0. The number of hydrogen-bond donors (Lipinski definition) is 1. The van der Waals surface area contributed by atoms with E-state index in [9.17, 15) is 4.79 Å². The largest absolute Gasteiger partial charge is 0.336 e. The highest BCUT2D eigenvalue weighted by molar-refractivity contribution is 8.00. The van der Waals surface area contributed by atoms with Crippen LogP contribution in [-0.2, 0) is 0 Å². The highest BCUT2D eigenvalue weighted by Crippen LogP contribution is 2.30. The van der Waals surface area contributed by atoms with Crippen molar-refractivity contribution in [3.05, 3.63) is 17.0 Å². The van der Waals surface area contributed by atoms with Crippen LogP contribution in [0.4, 0.5) is 0 Å². The van der Waals surface area contributed by atoms with E-state index in [1.54, 1.807) is 0 Å². The average molecular weight is 253 g/mol. The molecule has 1 fully saturated rings. The van der Waals surface area contributed by atoms with E-state index >= 15 is 0 Å². The minimum Gasteiger partial charge on any atom is -0.336 e. The van der Waals surface area contributed by atoms with E-state index in [0.29, 0.717) is 0 Å². The van der Waals surface area contributed by atoms with Gasteiger partial charge in [-0.05, 0) is 27.7 Å². The van der Waals surface area contributed by atoms with Crippen molar-refractivity contribution in [1.82, 2.24) is 15.1 Å². The third-order valence-electron chi connectivity index (χ3n) is 3.05. The quantitative estimate of drug-likeness (QED) is 0.832. The second kappa shape index (κ2) is 4.37. The smallest absolute Gasteiger partial charge is 0.257 e. The molecule has 2 rings (SSSR count). The van der Waals surface area contributed by atoms with Crippen molar-refractivity contribution in [3.8, 4) is 0 Å². The zero-order valence-electron chi connectivity index (χ0n) is 10.8. The second-order valence-electron chi connectivity index (χ2n) is 5.14. The topological polar surface area (TPSA) is 49.0 Å². The molecular weight excluding hydrogens is 234 g/mol. The third kappa shape index (κ3) is 2.49. The molecule has 4 nitrogen and oxygen atoms in total. The number of nitrogens with one attached hydrogen (secondary N) is 1. The van der Waals surface area contributed by atoms with Crippen LogP contribution < -0.4 is 0 Å². The standard InChI is InChI=1S/C12H19N3OS/c1-8-10(9(2)14-13-8)11(16)15-5-6-17-12(3,4)7-15/h5-7H2,1-4H3,(H,13,14). The number of carbonyl (C=O) groups is 1. The molecule has 1 saturated heterocycles. The Morgan fingerprint density at radius 2 is 2.18 bits per heavy atom. The van der Waals surface area contributed by atoms with Crippen LogP contribution in [0.3, 0.4) is 0 Å². The van der Waals surface area contributed by atoms with E-state index in [4.69, 9.17) is 0 Å². The molecule has 1 amide bonds. The van der Waals surface area contributed by atoms with E-state index in [1.807, 2.05) is 30.5 Å². The molecule has 0 unspecified atom stereocenters. The van der Waals surface area contributed by atoms with Gasteiger partial charge in [0.1, 0.15) is 0 Å². The Balaban J connectivity index is 2.21. The fourth-order valence-corrected chi connectivity index (χ4v) is 3.33. The Labute approximate surface area is 106 Å². The maximum Gasteiger partial charge on any atom is 0.257 e. The number of hydrogen-bond acceptors (Lipinski definition) is 3. The Bertz CT molecular complexity index is 419. The van der Waals surface area contributed by atoms with Gasteiger partial charge in [-0.15, -0.1) is 0 Å². The number of thioether (sulfide) groups is 1. The molecule has 94 valence electrons. The van der Waals surface area contributed by atoms with Crippen LogP contribution in [-0.4, -0.2) is 44.6 Å². The van der Waals surface area contributed by atoms with Gasteiger partial charge >= 0.3 is 0 Å². The van der Waals surface area contributed by atoms with E-state index < -0.39 is 0 Å². The van der Waals surface area contributed by atoms with Crippen LogP contribution in [0.1, 0.15) is 35.6 Å². The van der Waals surface area contributed by atoms with Crippen molar-refractivity contribution in [2.45, 2.75) is 32.4 Å². The van der Waals surface area contributed by atoms with Gasteiger partial charge in [-0.1, -0.05) is 0 Å². The molecule has 0 atom stereocenters. The first-order chi connectivity index (χ1) is 7.91. The number of aromatic amines is 1. The minimum atomic E-state index is 0.113. The number of amides is 1. The van der Waals surface area contributed by atoms with Crippen LogP contribution in [0.25, 0.3) is 0 Å². The summed E-state index contributed by atoms with van der Waals surface area (Å²) in [5, 5.41) is 6.97. The molecule has 0 bridgehead atoms. The summed E-state index contributed by atoms with van der Waals surface area (Å²) in [4.78, 5) is 14.4. The van der Waals surface area contributed by atoms with Crippen LogP contribution >= 0.6 is 11.8 Å². The van der Waals surface area contributed by atoms with E-state index in [1.165, 1.54) is 0 Å². The summed E-state index contributed by atoms with van der Waals surface area (Å²) in [5.74, 6) is 1.12. The highest BCUT2D eigenvalue weighted by Gasteiger charge is 2.31. The molecule has 17 heavy (non-hydrogen) atoms. The second-order valence-corrected chi connectivity index (χ2v) is 6.95. The van der Waals surface area contributed by atoms with Gasteiger partial charge in [0.2, 0.25) is 0 Å². The van der Waals surface area contributed by atoms with Crippen molar-refractivity contribution >= 4 is 17.7 Å². The highest BCUT2D eigenvalue weighted by atomic mass is 32.2. The summed E-state index contributed by atoms with van der Waals surface area (Å²) >= 11 is 1.93. The van der Waals surface area contributed by atoms with Crippen molar-refractivity contribution < 1.29 is 4.79 Å². The van der Waals surface area contributed by atoms with Crippen LogP contribution in [0, 0.1) is 13.8 Å². The number of aromatic nitrogens is 2. The van der Waals surface area contributed by atoms with Gasteiger partial charge in [0.15, 0.2) is 0 Å². The lowest BCUT2D eigenvalue weighted by Crippen LogP contribution is -2.46. The van der Waals surface area contributed by atoms with Gasteiger partial charge in [0.25, 0.3) is 5.91 Å². The van der Waals surface area contributed by atoms with Gasteiger partial charge in [0, 0.05) is 29.3 Å². The van der Waals surface area contributed by atoms with Crippen molar-refractivity contribution in [1.29, 1.82) is 0 Å². The Kier molecular flexibility index (Phi) is 3.21. The summed E-state index contributed by atoms with van der Waals surface area (Å²) in [5.41, 5.74) is 2.40. The number of aryl methyl sites for hydroxylation is 2. The molecular formula is C12H19N3OS. The van der Waals surface area contributed by atoms with Gasteiger partial charge in [-0.3, -0.25) is 9.89 Å². The lowest BCUT2D eigenvalue weighted by Gasteiger charge is -2.37. The van der Waals surface area contributed by atoms with Crippen molar-refractivity contribution in [2.24, 2.45) is 0 Å². The minimum absolute atomic E-state index is 0.113. The molecule has 0 aliphatic carbocycles. The Morgan fingerprint density at radius 1 is 1.47 bits per heavy atom. The summed E-state index contributed by atoms with van der Waals surface area (Å²) in [6, 6.07) is 0. The molecule has 0 radical (unpaired) electrons. The zero-order valence-corrected chi connectivity index (χ0v) is 11.6. The predicted molar refractivity (Wildman–Crippen MR) is 70.5 cm³/mol. The molecule has 1 aliphatic rings. The van der Waals surface area contributed by atoms with Gasteiger partial charge < -0.3 is 4.90 Å². The first kappa shape index (κ1) is 12.5. The van der Waals surface area contributed by atoms with E-state index in [2.05, 4.69) is 24.0 Å². The molecule has 1 aromatic rings. The monoisotopic (exact) mass is 253 g/mol. The summed E-state index contributed by atoms with van der Waals surface area (Å²) < 4.78 is 0.152. The van der Waals surface area contributed by atoms with Gasteiger partial charge in [-0.2, -0.15) is 16.9 Å². The zero-order chi connectivity index (χ0) is 12.6. The predicted octanol–water partition coefficient (Wildman–Crippen LogP) is 1.99. The number of carbonyl (C=O) groups excluding carboxylic acids is 1. The third-order valence-corrected chi connectivity index (χ3v) is 4.35. The molecule has 1 N–H and O–H groups in total. The number of H-pyrrole nitrogens is 1.